The van der Waals surface area contributed by atoms with Crippen LogP contribution < -0.4 is 20.5 Å². The van der Waals surface area contributed by atoms with E-state index in [1.54, 1.807) is 14.2 Å². The van der Waals surface area contributed by atoms with Gasteiger partial charge in [-0.3, -0.25) is 5.10 Å². The van der Waals surface area contributed by atoms with Crippen molar-refractivity contribution >= 4 is 5.82 Å². The minimum absolute atomic E-state index is 0.284. The summed E-state index contributed by atoms with van der Waals surface area (Å²) in [5.74, 6) is 1.96. The van der Waals surface area contributed by atoms with Gasteiger partial charge in [0, 0.05) is 12.1 Å². The molecule has 7 heteroatoms. The van der Waals surface area contributed by atoms with Crippen LogP contribution >= 0.6 is 0 Å². The number of nitrogen functional groups attached to an aromatic ring is 1. The number of hydrogen-bond donors (Lipinski definition) is 3. The number of nitriles is 1. The Morgan fingerprint density at radius 1 is 1.24 bits per heavy atom. The van der Waals surface area contributed by atoms with E-state index >= 15 is 0 Å². The molecule has 0 spiro atoms. The van der Waals surface area contributed by atoms with E-state index in [1.165, 1.54) is 0 Å². The lowest BCUT2D eigenvalue weighted by molar-refractivity contribution is 0.397. The lowest BCUT2D eigenvalue weighted by atomic mass is 10.1. The molecule has 0 unspecified atom stereocenters. The maximum Gasteiger partial charge on any atom is 0.163 e. The predicted octanol–water partition coefficient (Wildman–Crippen LogP) is 2.38. The lowest BCUT2D eigenvalue weighted by Crippen LogP contribution is -2.15. The Morgan fingerprint density at radius 2 is 2.08 bits per heavy atom. The van der Waals surface area contributed by atoms with Gasteiger partial charge in [-0.15, -0.1) is 0 Å². The summed E-state index contributed by atoms with van der Waals surface area (Å²) in [6.07, 6.45) is 3.89. The first-order valence-corrected chi connectivity index (χ1v) is 8.34. The number of hydrogen-bond acceptors (Lipinski definition) is 6. The first kappa shape index (κ1) is 18.6. The van der Waals surface area contributed by atoms with Crippen molar-refractivity contribution in [1.29, 1.82) is 5.26 Å². The second-order valence-electron chi connectivity index (χ2n) is 5.74. The molecule has 1 heterocycles. The zero-order valence-electron chi connectivity index (χ0n) is 14.8. The van der Waals surface area contributed by atoms with Crippen LogP contribution in [0.3, 0.4) is 0 Å². The van der Waals surface area contributed by atoms with Crippen LogP contribution in [0.15, 0.2) is 18.2 Å². The molecule has 0 aliphatic heterocycles. The Balaban J connectivity index is 1.68. The number of aromatic nitrogens is 2. The summed E-state index contributed by atoms with van der Waals surface area (Å²) in [5.41, 5.74) is 8.01. The predicted molar refractivity (Wildman–Crippen MR) is 96.5 cm³/mol. The molecule has 25 heavy (non-hydrogen) atoms. The highest BCUT2D eigenvalue weighted by molar-refractivity contribution is 5.50. The first-order valence-electron chi connectivity index (χ1n) is 8.34. The highest BCUT2D eigenvalue weighted by atomic mass is 16.5. The maximum absolute atomic E-state index is 9.03. The maximum atomic E-state index is 9.03. The number of nitrogens with two attached hydrogens (primary N) is 1. The molecule has 4 N–H and O–H groups in total. The fraction of sp³-hybridized carbons (Fsp3) is 0.444. The summed E-state index contributed by atoms with van der Waals surface area (Å²) >= 11 is 0. The minimum atomic E-state index is 0.284. The number of benzene rings is 1. The van der Waals surface area contributed by atoms with Gasteiger partial charge in [0.15, 0.2) is 5.82 Å². The van der Waals surface area contributed by atoms with Crippen LogP contribution in [0.25, 0.3) is 0 Å². The number of anilines is 1. The number of nitrogens with one attached hydrogen (secondary N) is 2. The van der Waals surface area contributed by atoms with E-state index in [2.05, 4.69) is 21.6 Å². The van der Waals surface area contributed by atoms with Crippen molar-refractivity contribution in [3.8, 4) is 17.6 Å². The molecule has 134 valence electrons. The third-order valence-electron chi connectivity index (χ3n) is 4.06. The van der Waals surface area contributed by atoms with Gasteiger partial charge in [0.25, 0.3) is 0 Å². The molecule has 7 nitrogen and oxygen atoms in total. The number of aryl methyl sites for hydroxylation is 1. The zero-order valence-corrected chi connectivity index (χ0v) is 14.8. The summed E-state index contributed by atoms with van der Waals surface area (Å²) in [6, 6.07) is 7.88. The Bertz CT molecular complexity index is 721. The van der Waals surface area contributed by atoms with Crippen molar-refractivity contribution in [2.45, 2.75) is 32.2 Å². The molecular weight excluding hydrogens is 318 g/mol. The van der Waals surface area contributed by atoms with Crippen molar-refractivity contribution in [2.75, 3.05) is 26.5 Å². The van der Waals surface area contributed by atoms with Gasteiger partial charge in [0.05, 0.1) is 19.9 Å². The number of unbranched alkanes of at least 4 members (excludes halogenated alkanes) is 2. The van der Waals surface area contributed by atoms with Crippen LogP contribution in [0.2, 0.25) is 0 Å². The molecule has 0 radical (unpaired) electrons. The monoisotopic (exact) mass is 343 g/mol. The molecule has 0 atom stereocenters. The summed E-state index contributed by atoms with van der Waals surface area (Å²) in [4.78, 5) is 0. The molecule has 0 saturated carbocycles. The number of aromatic amines is 1. The fourth-order valence-electron chi connectivity index (χ4n) is 2.67. The van der Waals surface area contributed by atoms with Crippen molar-refractivity contribution < 1.29 is 9.47 Å². The molecule has 2 rings (SSSR count). The van der Waals surface area contributed by atoms with Gasteiger partial charge in [0.2, 0.25) is 0 Å². The van der Waals surface area contributed by atoms with Crippen LogP contribution in [0.5, 0.6) is 11.5 Å². The van der Waals surface area contributed by atoms with Gasteiger partial charge in [-0.05, 0) is 44.0 Å². The summed E-state index contributed by atoms with van der Waals surface area (Å²) in [5, 5.41) is 19.2. The lowest BCUT2D eigenvalue weighted by Gasteiger charge is -2.11. The van der Waals surface area contributed by atoms with Crippen LogP contribution in [0, 0.1) is 11.3 Å². The Kier molecular flexibility index (Phi) is 7.11. The summed E-state index contributed by atoms with van der Waals surface area (Å²) in [6.45, 7) is 1.65. The molecule has 2 aromatic rings. The number of ether oxygens (including phenoxy) is 2. The van der Waals surface area contributed by atoms with Gasteiger partial charge >= 0.3 is 0 Å². The molecule has 0 amide bonds. The van der Waals surface area contributed by atoms with Crippen LogP contribution in [-0.4, -0.2) is 31.0 Å². The quantitative estimate of drug-likeness (QED) is 0.572. The van der Waals surface area contributed by atoms with Gasteiger partial charge in [0.1, 0.15) is 23.1 Å². The highest BCUT2D eigenvalue weighted by Crippen LogP contribution is 2.23. The average Bonchev–Trinajstić information content (AvgIpc) is 3.00. The van der Waals surface area contributed by atoms with Gasteiger partial charge < -0.3 is 20.5 Å². The van der Waals surface area contributed by atoms with Crippen molar-refractivity contribution in [3.63, 3.8) is 0 Å². The molecule has 0 aliphatic rings. The smallest absolute Gasteiger partial charge is 0.163 e. The molecule has 0 bridgehead atoms. The Morgan fingerprint density at radius 3 is 2.80 bits per heavy atom. The van der Waals surface area contributed by atoms with E-state index in [0.717, 1.165) is 61.5 Å². The third-order valence-corrected chi connectivity index (χ3v) is 4.06. The molecule has 1 aromatic heterocycles. The number of nitrogens with zero attached hydrogens (tertiary/aromatic N) is 2. The van der Waals surface area contributed by atoms with Crippen molar-refractivity contribution in [2.24, 2.45) is 0 Å². The number of methoxy groups -OCH3 is 2. The van der Waals surface area contributed by atoms with E-state index in [4.69, 9.17) is 20.5 Å². The second kappa shape index (κ2) is 9.55. The van der Waals surface area contributed by atoms with Crippen molar-refractivity contribution in [1.82, 2.24) is 15.5 Å². The van der Waals surface area contributed by atoms with Crippen LogP contribution in [-0.2, 0) is 13.0 Å². The SMILES string of the molecule is COc1ccc(OC)c(CNCCCCCc2[nH]nc(N)c2C#N)c1. The van der Waals surface area contributed by atoms with Gasteiger partial charge in [-0.1, -0.05) is 6.42 Å². The normalized spacial score (nSPS) is 10.4. The van der Waals surface area contributed by atoms with Crippen LogP contribution in [0.1, 0.15) is 36.1 Å². The average molecular weight is 343 g/mol. The van der Waals surface area contributed by atoms with E-state index in [-0.39, 0.29) is 5.82 Å². The van der Waals surface area contributed by atoms with Crippen molar-refractivity contribution in [3.05, 3.63) is 35.0 Å². The molecule has 0 fully saturated rings. The zero-order chi connectivity index (χ0) is 18.1. The first-order chi connectivity index (χ1) is 12.2. The molecule has 0 aliphatic carbocycles. The largest absolute Gasteiger partial charge is 0.497 e. The standard InChI is InChI=1S/C18H25N5O2/c1-24-14-7-8-17(25-2)13(10-14)12-21-9-5-3-4-6-16-15(11-19)18(20)23-22-16/h7-8,10,21H,3-6,9,12H2,1-2H3,(H3,20,22,23). The van der Waals surface area contributed by atoms with Gasteiger partial charge in [-0.2, -0.15) is 10.4 Å². The topological polar surface area (TPSA) is 109 Å². The molecule has 0 saturated heterocycles. The minimum Gasteiger partial charge on any atom is -0.497 e. The fourth-order valence-corrected chi connectivity index (χ4v) is 2.67. The van der Waals surface area contributed by atoms with E-state index < -0.39 is 0 Å². The second-order valence-corrected chi connectivity index (χ2v) is 5.74. The molecule has 1 aromatic carbocycles. The molecular formula is C18H25N5O2. The third kappa shape index (κ3) is 5.13. The van der Waals surface area contributed by atoms with Gasteiger partial charge in [-0.25, -0.2) is 0 Å². The van der Waals surface area contributed by atoms with E-state index in [1.807, 2.05) is 18.2 Å². The summed E-state index contributed by atoms with van der Waals surface area (Å²) in [7, 11) is 3.33. The Labute approximate surface area is 148 Å². The number of rotatable bonds is 10. The van der Waals surface area contributed by atoms with Crippen LogP contribution in [0.4, 0.5) is 5.82 Å². The van der Waals surface area contributed by atoms with E-state index in [9.17, 15) is 0 Å². The van der Waals surface area contributed by atoms with E-state index in [0.29, 0.717) is 5.56 Å². The summed E-state index contributed by atoms with van der Waals surface area (Å²) < 4.78 is 10.6. The number of H-pyrrole nitrogens is 1. The highest BCUT2D eigenvalue weighted by Gasteiger charge is 2.09. The Hall–Kier alpha value is -2.72.